The first-order chi connectivity index (χ1) is 12.3. The van der Waals surface area contributed by atoms with E-state index in [1.54, 1.807) is 0 Å². The number of nitrogens with zero attached hydrogens (tertiary/aromatic N) is 2. The van der Waals surface area contributed by atoms with Gasteiger partial charge in [-0.25, -0.2) is 0 Å². The van der Waals surface area contributed by atoms with Crippen LogP contribution in [0.3, 0.4) is 0 Å². The molecule has 2 saturated heterocycles. The number of para-hydroxylation sites is 1. The maximum atomic E-state index is 5.97. The van der Waals surface area contributed by atoms with Gasteiger partial charge in [0.05, 0.1) is 25.8 Å². The quantitative estimate of drug-likeness (QED) is 0.445. The van der Waals surface area contributed by atoms with Crippen LogP contribution in [0.25, 0.3) is 0 Å². The third kappa shape index (κ3) is 5.61. The van der Waals surface area contributed by atoms with E-state index in [9.17, 15) is 0 Å². The van der Waals surface area contributed by atoms with Crippen molar-refractivity contribution in [2.24, 2.45) is 4.99 Å². The Labute approximate surface area is 150 Å². The van der Waals surface area contributed by atoms with Gasteiger partial charge in [0.2, 0.25) is 0 Å². The zero-order valence-electron chi connectivity index (χ0n) is 15.1. The van der Waals surface area contributed by atoms with Crippen LogP contribution in [0.1, 0.15) is 19.8 Å². The minimum absolute atomic E-state index is 0.199. The summed E-state index contributed by atoms with van der Waals surface area (Å²) in [7, 11) is 0. The van der Waals surface area contributed by atoms with Crippen molar-refractivity contribution in [1.29, 1.82) is 0 Å². The average molecular weight is 346 g/mol. The van der Waals surface area contributed by atoms with Crippen molar-refractivity contribution >= 4 is 5.96 Å². The molecule has 2 aliphatic heterocycles. The number of benzene rings is 1. The Morgan fingerprint density at radius 1 is 1.32 bits per heavy atom. The fourth-order valence-electron chi connectivity index (χ4n) is 3.39. The lowest BCUT2D eigenvalue weighted by atomic mass is 10.2. The molecule has 0 bridgehead atoms. The fraction of sp³-hybridized carbons (Fsp3) is 0.632. The van der Waals surface area contributed by atoms with Crippen LogP contribution in [-0.4, -0.2) is 68.9 Å². The molecule has 2 atom stereocenters. The molecule has 6 nitrogen and oxygen atoms in total. The van der Waals surface area contributed by atoms with Crippen molar-refractivity contribution in [3.05, 3.63) is 30.3 Å². The Morgan fingerprint density at radius 3 is 3.04 bits per heavy atom. The molecule has 1 aromatic carbocycles. The van der Waals surface area contributed by atoms with Gasteiger partial charge >= 0.3 is 0 Å². The SMILES string of the molecule is CCNC(=NCC1CN2CCCC2CO1)NCCOc1ccccc1. The first kappa shape index (κ1) is 18.0. The number of ether oxygens (including phenoxy) is 2. The molecular weight excluding hydrogens is 316 g/mol. The van der Waals surface area contributed by atoms with E-state index < -0.39 is 0 Å². The van der Waals surface area contributed by atoms with Crippen molar-refractivity contribution in [3.8, 4) is 5.75 Å². The van der Waals surface area contributed by atoms with Gasteiger partial charge in [-0.05, 0) is 38.4 Å². The molecular formula is C19H30N4O2. The summed E-state index contributed by atoms with van der Waals surface area (Å²) in [5.74, 6) is 1.72. The minimum Gasteiger partial charge on any atom is -0.492 e. The Hall–Kier alpha value is -1.79. The molecule has 0 aliphatic carbocycles. The summed E-state index contributed by atoms with van der Waals surface area (Å²) in [6.45, 7) is 7.99. The van der Waals surface area contributed by atoms with Gasteiger partial charge in [0.1, 0.15) is 12.4 Å². The Bertz CT molecular complexity index is 537. The van der Waals surface area contributed by atoms with Crippen molar-refractivity contribution in [1.82, 2.24) is 15.5 Å². The molecule has 2 heterocycles. The monoisotopic (exact) mass is 346 g/mol. The number of hydrogen-bond donors (Lipinski definition) is 2. The van der Waals surface area contributed by atoms with Gasteiger partial charge in [0, 0.05) is 19.1 Å². The lowest BCUT2D eigenvalue weighted by Gasteiger charge is -2.34. The van der Waals surface area contributed by atoms with Crippen molar-refractivity contribution in [3.63, 3.8) is 0 Å². The zero-order valence-corrected chi connectivity index (χ0v) is 15.1. The Morgan fingerprint density at radius 2 is 2.20 bits per heavy atom. The largest absolute Gasteiger partial charge is 0.492 e. The topological polar surface area (TPSA) is 58.1 Å². The second-order valence-corrected chi connectivity index (χ2v) is 6.55. The summed E-state index contributed by atoms with van der Waals surface area (Å²) in [6.07, 6.45) is 2.78. The second kappa shape index (κ2) is 9.63. The van der Waals surface area contributed by atoms with Gasteiger partial charge < -0.3 is 20.1 Å². The molecule has 2 aliphatic rings. The van der Waals surface area contributed by atoms with E-state index in [1.807, 2.05) is 30.3 Å². The van der Waals surface area contributed by atoms with Crippen LogP contribution in [0.5, 0.6) is 5.75 Å². The van der Waals surface area contributed by atoms with E-state index in [0.29, 0.717) is 25.7 Å². The van der Waals surface area contributed by atoms with Crippen LogP contribution in [0, 0.1) is 0 Å². The van der Waals surface area contributed by atoms with E-state index in [-0.39, 0.29) is 6.10 Å². The van der Waals surface area contributed by atoms with Crippen molar-refractivity contribution < 1.29 is 9.47 Å². The number of nitrogens with one attached hydrogen (secondary N) is 2. The lowest BCUT2D eigenvalue weighted by molar-refractivity contribution is -0.0432. The molecule has 3 rings (SSSR count). The summed E-state index contributed by atoms with van der Waals surface area (Å²) in [5.41, 5.74) is 0. The fourth-order valence-corrected chi connectivity index (χ4v) is 3.39. The first-order valence-corrected chi connectivity index (χ1v) is 9.41. The molecule has 0 amide bonds. The predicted molar refractivity (Wildman–Crippen MR) is 100 cm³/mol. The van der Waals surface area contributed by atoms with Gasteiger partial charge in [-0.3, -0.25) is 9.89 Å². The number of morpholine rings is 1. The van der Waals surface area contributed by atoms with Crippen LogP contribution in [-0.2, 0) is 4.74 Å². The summed E-state index contributed by atoms with van der Waals surface area (Å²) >= 11 is 0. The minimum atomic E-state index is 0.199. The van der Waals surface area contributed by atoms with Gasteiger partial charge in [-0.15, -0.1) is 0 Å². The molecule has 0 saturated carbocycles. The first-order valence-electron chi connectivity index (χ1n) is 9.41. The predicted octanol–water partition coefficient (Wildman–Crippen LogP) is 1.48. The van der Waals surface area contributed by atoms with E-state index in [2.05, 4.69) is 27.4 Å². The maximum absolute atomic E-state index is 5.97. The Kier molecular flexibility index (Phi) is 6.94. The van der Waals surface area contributed by atoms with Crippen LogP contribution in [0.2, 0.25) is 0 Å². The normalized spacial score (nSPS) is 24.0. The molecule has 2 fully saturated rings. The molecule has 1 aromatic rings. The standard InChI is InChI=1S/C19H30N4O2/c1-2-20-19(21-10-12-24-17-8-4-3-5-9-17)22-13-18-14-23-11-6-7-16(23)15-25-18/h3-5,8-9,16,18H,2,6-7,10-15H2,1H3,(H2,20,21,22). The molecule has 6 heteroatoms. The highest BCUT2D eigenvalue weighted by atomic mass is 16.5. The molecule has 0 spiro atoms. The van der Waals surface area contributed by atoms with Crippen LogP contribution >= 0.6 is 0 Å². The summed E-state index contributed by atoms with van der Waals surface area (Å²) in [6, 6.07) is 10.5. The number of rotatable bonds is 7. The highest BCUT2D eigenvalue weighted by molar-refractivity contribution is 5.79. The smallest absolute Gasteiger partial charge is 0.191 e. The Balaban J connectivity index is 1.39. The van der Waals surface area contributed by atoms with E-state index >= 15 is 0 Å². The summed E-state index contributed by atoms with van der Waals surface area (Å²) < 4.78 is 11.7. The van der Waals surface area contributed by atoms with E-state index in [0.717, 1.165) is 31.4 Å². The third-order valence-corrected chi connectivity index (χ3v) is 4.67. The summed E-state index contributed by atoms with van der Waals surface area (Å²) in [4.78, 5) is 7.24. The van der Waals surface area contributed by atoms with Crippen LogP contribution in [0.4, 0.5) is 0 Å². The number of hydrogen-bond acceptors (Lipinski definition) is 4. The van der Waals surface area contributed by atoms with E-state index in [4.69, 9.17) is 9.47 Å². The number of aliphatic imine (C=N–C) groups is 1. The molecule has 0 radical (unpaired) electrons. The van der Waals surface area contributed by atoms with E-state index in [1.165, 1.54) is 19.4 Å². The molecule has 2 N–H and O–H groups in total. The van der Waals surface area contributed by atoms with Crippen molar-refractivity contribution in [2.45, 2.75) is 31.9 Å². The highest BCUT2D eigenvalue weighted by Crippen LogP contribution is 2.22. The highest BCUT2D eigenvalue weighted by Gasteiger charge is 2.31. The average Bonchev–Trinajstić information content (AvgIpc) is 3.12. The lowest BCUT2D eigenvalue weighted by Crippen LogP contribution is -2.47. The van der Waals surface area contributed by atoms with Gasteiger partial charge in [-0.1, -0.05) is 18.2 Å². The molecule has 138 valence electrons. The van der Waals surface area contributed by atoms with Crippen LogP contribution in [0.15, 0.2) is 35.3 Å². The number of fused-ring (bicyclic) bond motifs is 1. The van der Waals surface area contributed by atoms with Gasteiger partial charge in [0.15, 0.2) is 5.96 Å². The zero-order chi connectivity index (χ0) is 17.3. The maximum Gasteiger partial charge on any atom is 0.191 e. The number of guanidine groups is 1. The summed E-state index contributed by atoms with van der Waals surface area (Å²) in [5, 5.41) is 6.60. The van der Waals surface area contributed by atoms with Gasteiger partial charge in [0.25, 0.3) is 0 Å². The van der Waals surface area contributed by atoms with Crippen molar-refractivity contribution in [2.75, 3.05) is 45.9 Å². The van der Waals surface area contributed by atoms with Gasteiger partial charge in [-0.2, -0.15) is 0 Å². The molecule has 0 aromatic heterocycles. The van der Waals surface area contributed by atoms with Crippen LogP contribution < -0.4 is 15.4 Å². The molecule has 25 heavy (non-hydrogen) atoms. The molecule has 2 unspecified atom stereocenters. The second-order valence-electron chi connectivity index (χ2n) is 6.55. The third-order valence-electron chi connectivity index (χ3n) is 4.67.